The van der Waals surface area contributed by atoms with Crippen LogP contribution in [-0.2, 0) is 14.3 Å². The Labute approximate surface area is 128 Å². The number of ether oxygens (including phenoxy) is 1. The van der Waals surface area contributed by atoms with Crippen LogP contribution in [0.1, 0.15) is 52.9 Å². The maximum absolute atomic E-state index is 12.5. The smallest absolute Gasteiger partial charge is 0.245 e. The molecule has 5 nitrogen and oxygen atoms in total. The zero-order valence-electron chi connectivity index (χ0n) is 13.7. The number of rotatable bonds is 9. The van der Waals surface area contributed by atoms with Gasteiger partial charge in [-0.05, 0) is 18.8 Å². The van der Waals surface area contributed by atoms with Gasteiger partial charge in [-0.3, -0.25) is 9.59 Å². The Balaban J connectivity index is 2.44. The Hall–Kier alpha value is -1.10. The van der Waals surface area contributed by atoms with Crippen molar-refractivity contribution in [1.29, 1.82) is 0 Å². The number of carbonyl (C=O) groups excluding carboxylic acids is 2. The first kappa shape index (κ1) is 18.0. The van der Waals surface area contributed by atoms with E-state index in [1.165, 1.54) is 0 Å². The van der Waals surface area contributed by atoms with Crippen LogP contribution in [0.25, 0.3) is 0 Å². The maximum Gasteiger partial charge on any atom is 0.245 e. The van der Waals surface area contributed by atoms with Gasteiger partial charge in [0.2, 0.25) is 11.8 Å². The van der Waals surface area contributed by atoms with Crippen molar-refractivity contribution in [3.05, 3.63) is 0 Å². The second kappa shape index (κ2) is 9.77. The van der Waals surface area contributed by atoms with Crippen molar-refractivity contribution in [3.8, 4) is 0 Å². The molecule has 21 heavy (non-hydrogen) atoms. The third-order valence-electron chi connectivity index (χ3n) is 4.07. The van der Waals surface area contributed by atoms with E-state index in [0.717, 1.165) is 32.3 Å². The van der Waals surface area contributed by atoms with E-state index in [9.17, 15) is 9.59 Å². The summed E-state index contributed by atoms with van der Waals surface area (Å²) in [5, 5.41) is 2.87. The average molecular weight is 298 g/mol. The lowest BCUT2D eigenvalue weighted by Gasteiger charge is -2.27. The van der Waals surface area contributed by atoms with Gasteiger partial charge in [-0.2, -0.15) is 0 Å². The molecule has 0 aliphatic carbocycles. The number of nitrogens with one attached hydrogen (secondary N) is 1. The Morgan fingerprint density at radius 1 is 1.29 bits per heavy atom. The summed E-state index contributed by atoms with van der Waals surface area (Å²) in [7, 11) is 0. The number of hydrogen-bond donors (Lipinski definition) is 1. The van der Waals surface area contributed by atoms with Crippen molar-refractivity contribution in [1.82, 2.24) is 10.2 Å². The van der Waals surface area contributed by atoms with Gasteiger partial charge in [0.25, 0.3) is 0 Å². The fourth-order valence-electron chi connectivity index (χ4n) is 2.40. The Bertz CT molecular complexity index is 333. The summed E-state index contributed by atoms with van der Waals surface area (Å²) in [6, 6.07) is -0.369. The molecule has 1 N–H and O–H groups in total. The van der Waals surface area contributed by atoms with Crippen LogP contribution in [-0.4, -0.2) is 49.1 Å². The van der Waals surface area contributed by atoms with Gasteiger partial charge in [0.05, 0.1) is 0 Å². The molecule has 0 aromatic heterocycles. The van der Waals surface area contributed by atoms with Crippen molar-refractivity contribution in [2.45, 2.75) is 58.9 Å². The molecule has 1 saturated heterocycles. The van der Waals surface area contributed by atoms with Crippen LogP contribution in [0.15, 0.2) is 0 Å². The van der Waals surface area contributed by atoms with E-state index in [4.69, 9.17) is 4.74 Å². The average Bonchev–Trinajstić information content (AvgIpc) is 2.62. The van der Waals surface area contributed by atoms with Gasteiger partial charge in [0.15, 0.2) is 0 Å². The van der Waals surface area contributed by atoms with Gasteiger partial charge >= 0.3 is 0 Å². The molecule has 122 valence electrons. The number of hydrogen-bond acceptors (Lipinski definition) is 3. The van der Waals surface area contributed by atoms with Crippen LogP contribution in [0.2, 0.25) is 0 Å². The first-order chi connectivity index (χ1) is 10.1. The van der Waals surface area contributed by atoms with Gasteiger partial charge in [-0.15, -0.1) is 0 Å². The SMILES string of the molecule is CCCCOCCCN1CCC(=O)NC(C(C)CC)C1=O. The summed E-state index contributed by atoms with van der Waals surface area (Å²) >= 11 is 0. The first-order valence-electron chi connectivity index (χ1n) is 8.26. The molecular formula is C16H30N2O3. The Morgan fingerprint density at radius 2 is 2.00 bits per heavy atom. The monoisotopic (exact) mass is 298 g/mol. The van der Waals surface area contributed by atoms with Gasteiger partial charge in [-0.1, -0.05) is 33.6 Å². The zero-order chi connectivity index (χ0) is 15.7. The fraction of sp³-hybridized carbons (Fsp3) is 0.875. The van der Waals surface area contributed by atoms with Crippen molar-refractivity contribution < 1.29 is 14.3 Å². The van der Waals surface area contributed by atoms with Crippen LogP contribution in [0.5, 0.6) is 0 Å². The lowest BCUT2D eigenvalue weighted by atomic mass is 9.98. The quantitative estimate of drug-likeness (QED) is 0.662. The van der Waals surface area contributed by atoms with Crippen molar-refractivity contribution in [3.63, 3.8) is 0 Å². The summed E-state index contributed by atoms with van der Waals surface area (Å²) in [5.74, 6) is 0.210. The van der Waals surface area contributed by atoms with Crippen molar-refractivity contribution >= 4 is 11.8 Å². The molecule has 1 aliphatic heterocycles. The van der Waals surface area contributed by atoms with Crippen molar-refractivity contribution in [2.24, 2.45) is 5.92 Å². The molecule has 1 rings (SSSR count). The molecule has 5 heteroatoms. The molecule has 0 spiro atoms. The topological polar surface area (TPSA) is 58.6 Å². The van der Waals surface area contributed by atoms with E-state index in [-0.39, 0.29) is 23.8 Å². The van der Waals surface area contributed by atoms with Crippen molar-refractivity contribution in [2.75, 3.05) is 26.3 Å². The van der Waals surface area contributed by atoms with E-state index in [1.54, 1.807) is 0 Å². The minimum absolute atomic E-state index is 0.0182. The molecule has 0 aromatic rings. The highest BCUT2D eigenvalue weighted by atomic mass is 16.5. The third kappa shape index (κ3) is 6.04. The highest BCUT2D eigenvalue weighted by molar-refractivity contribution is 5.90. The number of unbranched alkanes of at least 4 members (excludes halogenated alkanes) is 1. The molecule has 2 atom stereocenters. The summed E-state index contributed by atoms with van der Waals surface area (Å²) < 4.78 is 5.53. The predicted octanol–water partition coefficient (Wildman–Crippen LogP) is 1.96. The highest BCUT2D eigenvalue weighted by Crippen LogP contribution is 2.14. The van der Waals surface area contributed by atoms with Gasteiger partial charge < -0.3 is 15.0 Å². The molecule has 0 radical (unpaired) electrons. The second-order valence-electron chi connectivity index (χ2n) is 5.83. The molecule has 0 saturated carbocycles. The number of nitrogens with zero attached hydrogens (tertiary/aromatic N) is 1. The summed E-state index contributed by atoms with van der Waals surface area (Å²) in [5.41, 5.74) is 0. The van der Waals surface area contributed by atoms with Crippen LogP contribution in [0.3, 0.4) is 0 Å². The molecule has 1 aliphatic rings. The fourth-order valence-corrected chi connectivity index (χ4v) is 2.40. The van der Waals surface area contributed by atoms with E-state index in [2.05, 4.69) is 12.2 Å². The maximum atomic E-state index is 12.5. The van der Waals surface area contributed by atoms with Crippen LogP contribution < -0.4 is 5.32 Å². The van der Waals surface area contributed by atoms with Crippen LogP contribution in [0, 0.1) is 5.92 Å². The summed E-state index contributed by atoms with van der Waals surface area (Å²) in [6.07, 6.45) is 4.32. The predicted molar refractivity (Wildman–Crippen MR) is 82.9 cm³/mol. The first-order valence-corrected chi connectivity index (χ1v) is 8.26. The third-order valence-corrected chi connectivity index (χ3v) is 4.07. The Kier molecular flexibility index (Phi) is 8.35. The number of carbonyl (C=O) groups is 2. The minimum atomic E-state index is -0.369. The normalized spacial score (nSPS) is 21.1. The van der Waals surface area contributed by atoms with E-state index < -0.39 is 0 Å². The second-order valence-corrected chi connectivity index (χ2v) is 5.83. The molecular weight excluding hydrogens is 268 g/mol. The number of amides is 2. The lowest BCUT2D eigenvalue weighted by molar-refractivity contribution is -0.135. The lowest BCUT2D eigenvalue weighted by Crippen LogP contribution is -2.48. The van der Waals surface area contributed by atoms with Crippen LogP contribution >= 0.6 is 0 Å². The van der Waals surface area contributed by atoms with E-state index >= 15 is 0 Å². The molecule has 2 unspecified atom stereocenters. The molecule has 1 heterocycles. The standard InChI is InChI=1S/C16H30N2O3/c1-4-6-11-21-12-7-9-18-10-8-14(19)17-15(16(18)20)13(3)5-2/h13,15H,4-12H2,1-3H3,(H,17,19). The van der Waals surface area contributed by atoms with Gasteiger partial charge in [0, 0.05) is 32.7 Å². The van der Waals surface area contributed by atoms with E-state index in [1.807, 2.05) is 18.7 Å². The van der Waals surface area contributed by atoms with Gasteiger partial charge in [0.1, 0.15) is 6.04 Å². The minimum Gasteiger partial charge on any atom is -0.381 e. The molecule has 0 aromatic carbocycles. The summed E-state index contributed by atoms with van der Waals surface area (Å²) in [4.78, 5) is 26.1. The molecule has 2 amide bonds. The van der Waals surface area contributed by atoms with Gasteiger partial charge in [-0.25, -0.2) is 0 Å². The largest absolute Gasteiger partial charge is 0.381 e. The zero-order valence-corrected chi connectivity index (χ0v) is 13.7. The highest BCUT2D eigenvalue weighted by Gasteiger charge is 2.32. The van der Waals surface area contributed by atoms with Crippen LogP contribution in [0.4, 0.5) is 0 Å². The van der Waals surface area contributed by atoms with E-state index in [0.29, 0.717) is 26.1 Å². The molecule has 0 bridgehead atoms. The summed E-state index contributed by atoms with van der Waals surface area (Å²) in [6.45, 7) is 8.86. The molecule has 1 fully saturated rings. The Morgan fingerprint density at radius 3 is 2.67 bits per heavy atom.